The van der Waals surface area contributed by atoms with Gasteiger partial charge in [-0.05, 0) is 19.4 Å². The van der Waals surface area contributed by atoms with Gasteiger partial charge in [0.25, 0.3) is 0 Å². The van der Waals surface area contributed by atoms with Crippen LogP contribution in [0, 0.1) is 0 Å². The highest BCUT2D eigenvalue weighted by Gasteiger charge is 2.25. The van der Waals surface area contributed by atoms with Gasteiger partial charge in [0.15, 0.2) is 5.65 Å². The maximum absolute atomic E-state index is 6.25. The molecular weight excluding hydrogens is 266 g/mol. The van der Waals surface area contributed by atoms with Crippen molar-refractivity contribution in [3.63, 3.8) is 0 Å². The van der Waals surface area contributed by atoms with Crippen LogP contribution in [-0.4, -0.2) is 34.9 Å². The number of nitrogens with zero attached hydrogens (tertiary/aromatic N) is 3. The lowest BCUT2D eigenvalue weighted by Crippen LogP contribution is -2.13. The summed E-state index contributed by atoms with van der Waals surface area (Å²) in [6, 6.07) is 3.98. The molecule has 0 aromatic carbocycles. The van der Waals surface area contributed by atoms with E-state index in [4.69, 9.17) is 21.1 Å². The molecule has 5 nitrogen and oxygen atoms in total. The second kappa shape index (κ2) is 4.98. The second-order valence-electron chi connectivity index (χ2n) is 4.67. The fourth-order valence-corrected chi connectivity index (χ4v) is 2.61. The van der Waals surface area contributed by atoms with Gasteiger partial charge < -0.3 is 14.0 Å². The Labute approximate surface area is 116 Å². The molecule has 1 aliphatic rings. The molecular formula is C13H16ClN3O2. The summed E-state index contributed by atoms with van der Waals surface area (Å²) < 4.78 is 12.8. The maximum Gasteiger partial charge on any atom is 0.215 e. The van der Waals surface area contributed by atoms with Crippen LogP contribution < -0.4 is 4.74 Å². The summed E-state index contributed by atoms with van der Waals surface area (Å²) in [4.78, 5) is 9.09. The van der Waals surface area contributed by atoms with Gasteiger partial charge >= 0.3 is 0 Å². The second-order valence-corrected chi connectivity index (χ2v) is 5.32. The number of rotatable bonds is 3. The summed E-state index contributed by atoms with van der Waals surface area (Å²) in [6.45, 7) is 3.37. The van der Waals surface area contributed by atoms with Crippen LogP contribution in [0.1, 0.15) is 30.6 Å². The van der Waals surface area contributed by atoms with Crippen molar-refractivity contribution < 1.29 is 9.47 Å². The van der Waals surface area contributed by atoms with Gasteiger partial charge in [-0.3, -0.25) is 0 Å². The SMILES string of the molecule is COc1ccc2nc(C(C)Cl)n(C3CCOC3)c2n1. The summed E-state index contributed by atoms with van der Waals surface area (Å²) >= 11 is 6.25. The molecule has 0 saturated carbocycles. The zero-order valence-corrected chi connectivity index (χ0v) is 11.7. The normalized spacial score (nSPS) is 20.9. The standard InChI is InChI=1S/C13H16ClN3O2/c1-8(14)12-15-10-3-4-11(18-2)16-13(10)17(12)9-5-6-19-7-9/h3-4,8-9H,5-7H2,1-2H3. The Bertz CT molecular complexity index is 591. The topological polar surface area (TPSA) is 49.2 Å². The highest BCUT2D eigenvalue weighted by atomic mass is 35.5. The molecule has 0 amide bonds. The zero-order valence-electron chi connectivity index (χ0n) is 11.0. The van der Waals surface area contributed by atoms with E-state index < -0.39 is 0 Å². The van der Waals surface area contributed by atoms with Crippen LogP contribution in [0.3, 0.4) is 0 Å². The van der Waals surface area contributed by atoms with Crippen LogP contribution in [0.25, 0.3) is 11.2 Å². The first-order valence-electron chi connectivity index (χ1n) is 6.35. The monoisotopic (exact) mass is 281 g/mol. The van der Waals surface area contributed by atoms with E-state index in [2.05, 4.69) is 14.5 Å². The van der Waals surface area contributed by atoms with E-state index in [1.54, 1.807) is 7.11 Å². The van der Waals surface area contributed by atoms with Crippen molar-refractivity contribution >= 4 is 22.8 Å². The van der Waals surface area contributed by atoms with Crippen LogP contribution in [-0.2, 0) is 4.74 Å². The number of aromatic nitrogens is 3. The van der Waals surface area contributed by atoms with Crippen molar-refractivity contribution in [3.8, 4) is 5.88 Å². The van der Waals surface area contributed by atoms with Gasteiger partial charge in [-0.1, -0.05) is 0 Å². The highest BCUT2D eigenvalue weighted by molar-refractivity contribution is 6.20. The Kier molecular flexibility index (Phi) is 3.33. The summed E-state index contributed by atoms with van der Waals surface area (Å²) in [5, 5.41) is -0.166. The minimum atomic E-state index is -0.166. The molecule has 1 saturated heterocycles. The largest absolute Gasteiger partial charge is 0.481 e. The zero-order chi connectivity index (χ0) is 13.4. The van der Waals surface area contributed by atoms with Crippen molar-refractivity contribution in [2.45, 2.75) is 24.8 Å². The van der Waals surface area contributed by atoms with Crippen molar-refractivity contribution in [2.24, 2.45) is 0 Å². The van der Waals surface area contributed by atoms with E-state index in [1.165, 1.54) is 0 Å². The molecule has 0 radical (unpaired) electrons. The summed E-state index contributed by atoms with van der Waals surface area (Å²) in [5.41, 5.74) is 1.66. The number of hydrogen-bond donors (Lipinski definition) is 0. The quantitative estimate of drug-likeness (QED) is 0.812. The number of imidazole rings is 1. The number of alkyl halides is 1. The van der Waals surface area contributed by atoms with E-state index in [0.29, 0.717) is 12.5 Å². The van der Waals surface area contributed by atoms with Gasteiger partial charge in [0.2, 0.25) is 5.88 Å². The minimum absolute atomic E-state index is 0.166. The predicted molar refractivity (Wildman–Crippen MR) is 72.8 cm³/mol. The van der Waals surface area contributed by atoms with E-state index in [0.717, 1.165) is 30.0 Å². The summed E-state index contributed by atoms with van der Waals surface area (Å²) in [7, 11) is 1.61. The van der Waals surface area contributed by atoms with Gasteiger partial charge in [0.1, 0.15) is 11.3 Å². The van der Waals surface area contributed by atoms with Crippen molar-refractivity contribution in [1.29, 1.82) is 0 Å². The Morgan fingerprint density at radius 2 is 2.32 bits per heavy atom. The van der Waals surface area contributed by atoms with Crippen molar-refractivity contribution in [3.05, 3.63) is 18.0 Å². The third kappa shape index (κ3) is 2.17. The lowest BCUT2D eigenvalue weighted by molar-refractivity contribution is 0.186. The summed E-state index contributed by atoms with van der Waals surface area (Å²) in [5.74, 6) is 1.43. The van der Waals surface area contributed by atoms with E-state index >= 15 is 0 Å². The lowest BCUT2D eigenvalue weighted by Gasteiger charge is -2.15. The highest BCUT2D eigenvalue weighted by Crippen LogP contribution is 2.31. The molecule has 3 rings (SSSR count). The Morgan fingerprint density at radius 3 is 2.95 bits per heavy atom. The van der Waals surface area contributed by atoms with Crippen molar-refractivity contribution in [2.75, 3.05) is 20.3 Å². The Hall–Kier alpha value is -1.33. The molecule has 6 heteroatoms. The molecule has 0 aliphatic carbocycles. The molecule has 0 spiro atoms. The molecule has 102 valence electrons. The fraction of sp³-hybridized carbons (Fsp3) is 0.538. The first-order chi connectivity index (χ1) is 9.20. The van der Waals surface area contributed by atoms with E-state index in [-0.39, 0.29) is 11.4 Å². The third-order valence-electron chi connectivity index (χ3n) is 3.37. The first-order valence-corrected chi connectivity index (χ1v) is 6.79. The Morgan fingerprint density at radius 1 is 1.47 bits per heavy atom. The molecule has 3 heterocycles. The molecule has 19 heavy (non-hydrogen) atoms. The molecule has 2 aromatic rings. The van der Waals surface area contributed by atoms with Gasteiger partial charge in [-0.2, -0.15) is 4.98 Å². The number of fused-ring (bicyclic) bond motifs is 1. The van der Waals surface area contributed by atoms with Gasteiger partial charge in [0, 0.05) is 12.7 Å². The molecule has 0 N–H and O–H groups in total. The molecule has 2 aromatic heterocycles. The number of pyridine rings is 1. The molecule has 2 atom stereocenters. The third-order valence-corrected chi connectivity index (χ3v) is 3.57. The average molecular weight is 282 g/mol. The van der Waals surface area contributed by atoms with Crippen LogP contribution >= 0.6 is 11.6 Å². The smallest absolute Gasteiger partial charge is 0.215 e. The van der Waals surface area contributed by atoms with Crippen LogP contribution in [0.2, 0.25) is 0 Å². The number of ether oxygens (including phenoxy) is 2. The average Bonchev–Trinajstić information content (AvgIpc) is 3.04. The number of hydrogen-bond acceptors (Lipinski definition) is 4. The van der Waals surface area contributed by atoms with Crippen LogP contribution in [0.15, 0.2) is 12.1 Å². The fourth-order valence-electron chi connectivity index (χ4n) is 2.45. The maximum atomic E-state index is 6.25. The van der Waals surface area contributed by atoms with Gasteiger partial charge in [-0.15, -0.1) is 11.6 Å². The Balaban J connectivity index is 2.20. The number of methoxy groups -OCH3 is 1. The molecule has 0 bridgehead atoms. The van der Waals surface area contributed by atoms with E-state index in [1.807, 2.05) is 19.1 Å². The van der Waals surface area contributed by atoms with Crippen molar-refractivity contribution in [1.82, 2.24) is 14.5 Å². The first kappa shape index (κ1) is 12.7. The molecule has 2 unspecified atom stereocenters. The predicted octanol–water partition coefficient (Wildman–Crippen LogP) is 2.70. The lowest BCUT2D eigenvalue weighted by atomic mass is 10.2. The van der Waals surface area contributed by atoms with E-state index in [9.17, 15) is 0 Å². The van der Waals surface area contributed by atoms with Crippen LogP contribution in [0.4, 0.5) is 0 Å². The molecule has 1 aliphatic heterocycles. The number of halogens is 1. The van der Waals surface area contributed by atoms with Gasteiger partial charge in [0.05, 0.1) is 25.1 Å². The summed E-state index contributed by atoms with van der Waals surface area (Å²) in [6.07, 6.45) is 0.959. The minimum Gasteiger partial charge on any atom is -0.481 e. The molecule has 1 fully saturated rings. The van der Waals surface area contributed by atoms with Crippen LogP contribution in [0.5, 0.6) is 5.88 Å². The van der Waals surface area contributed by atoms with Gasteiger partial charge in [-0.25, -0.2) is 4.98 Å².